The molecule has 4 rings (SSSR count). The van der Waals surface area contributed by atoms with E-state index in [0.29, 0.717) is 40.9 Å². The first-order chi connectivity index (χ1) is 16.2. The average Bonchev–Trinajstić information content (AvgIpc) is 3.35. The van der Waals surface area contributed by atoms with Crippen LogP contribution in [0.3, 0.4) is 0 Å². The summed E-state index contributed by atoms with van der Waals surface area (Å²) in [5.74, 6) is 2.33. The molecular weight excluding hydrogens is 420 g/mol. The number of carbonyl (C=O) groups is 1. The Bertz CT molecular complexity index is 1180. The summed E-state index contributed by atoms with van der Waals surface area (Å²) in [4.78, 5) is 16.9. The van der Waals surface area contributed by atoms with E-state index in [1.165, 1.54) is 0 Å². The molecule has 4 aromatic rings. The molecule has 0 amide bonds. The first-order valence-electron chi connectivity index (χ1n) is 10.7. The van der Waals surface area contributed by atoms with Crippen LogP contribution in [0.4, 0.5) is 0 Å². The molecule has 0 saturated heterocycles. The number of nitrogens with zero attached hydrogens (tertiary/aromatic N) is 2. The Morgan fingerprint density at radius 2 is 1.48 bits per heavy atom. The number of aromatic nitrogens is 2. The molecule has 0 fully saturated rings. The van der Waals surface area contributed by atoms with Gasteiger partial charge < -0.3 is 18.7 Å². The summed E-state index contributed by atoms with van der Waals surface area (Å²) in [7, 11) is 1.58. The summed E-state index contributed by atoms with van der Waals surface area (Å²) in [6.45, 7) is 2.83. The molecule has 3 aromatic carbocycles. The van der Waals surface area contributed by atoms with Gasteiger partial charge >= 0.3 is 5.97 Å². The lowest BCUT2D eigenvalue weighted by Crippen LogP contribution is -2.08. The van der Waals surface area contributed by atoms with E-state index in [1.807, 2.05) is 24.3 Å². The molecule has 0 atom stereocenters. The summed E-state index contributed by atoms with van der Waals surface area (Å²) in [6.07, 6.45) is 2.11. The third kappa shape index (κ3) is 5.57. The molecule has 0 N–H and O–H groups in total. The van der Waals surface area contributed by atoms with Crippen LogP contribution in [-0.2, 0) is 0 Å². The van der Waals surface area contributed by atoms with E-state index in [1.54, 1.807) is 55.6 Å². The second-order valence-corrected chi connectivity index (χ2v) is 7.29. The van der Waals surface area contributed by atoms with Crippen LogP contribution in [-0.4, -0.2) is 29.8 Å². The third-order valence-corrected chi connectivity index (χ3v) is 4.94. The minimum absolute atomic E-state index is 0.364. The molecule has 1 heterocycles. The Hall–Kier alpha value is -4.13. The Labute approximate surface area is 191 Å². The lowest BCUT2D eigenvalue weighted by Gasteiger charge is -2.05. The number of benzene rings is 3. The van der Waals surface area contributed by atoms with Crippen molar-refractivity contribution < 1.29 is 23.5 Å². The van der Waals surface area contributed by atoms with E-state index < -0.39 is 5.97 Å². The quantitative estimate of drug-likeness (QED) is 0.183. The van der Waals surface area contributed by atoms with Crippen LogP contribution < -0.4 is 14.2 Å². The van der Waals surface area contributed by atoms with E-state index in [-0.39, 0.29) is 0 Å². The Kier molecular flexibility index (Phi) is 6.99. The van der Waals surface area contributed by atoms with E-state index >= 15 is 0 Å². The second kappa shape index (κ2) is 10.5. The van der Waals surface area contributed by atoms with Crippen LogP contribution >= 0.6 is 0 Å². The van der Waals surface area contributed by atoms with Gasteiger partial charge in [-0.25, -0.2) is 4.79 Å². The molecule has 0 spiro atoms. The number of carbonyl (C=O) groups excluding carboxylic acids is 1. The molecule has 33 heavy (non-hydrogen) atoms. The third-order valence-electron chi connectivity index (χ3n) is 4.94. The van der Waals surface area contributed by atoms with Crippen molar-refractivity contribution in [1.29, 1.82) is 0 Å². The van der Waals surface area contributed by atoms with Crippen molar-refractivity contribution in [2.45, 2.75) is 19.8 Å². The predicted molar refractivity (Wildman–Crippen MR) is 124 cm³/mol. The van der Waals surface area contributed by atoms with Crippen LogP contribution in [0, 0.1) is 0 Å². The fraction of sp³-hybridized carbons (Fsp3) is 0.192. The van der Waals surface area contributed by atoms with Crippen LogP contribution in [0.2, 0.25) is 0 Å². The molecule has 0 unspecified atom stereocenters. The van der Waals surface area contributed by atoms with Crippen molar-refractivity contribution in [3.8, 4) is 40.1 Å². The van der Waals surface area contributed by atoms with Gasteiger partial charge in [0, 0.05) is 11.1 Å². The molecule has 0 aliphatic heterocycles. The van der Waals surface area contributed by atoms with E-state index in [2.05, 4.69) is 17.1 Å². The van der Waals surface area contributed by atoms with Crippen molar-refractivity contribution in [2.75, 3.05) is 13.7 Å². The minimum Gasteiger partial charge on any atom is -0.497 e. The maximum atomic E-state index is 12.4. The van der Waals surface area contributed by atoms with Gasteiger partial charge in [0.2, 0.25) is 5.82 Å². The van der Waals surface area contributed by atoms with Gasteiger partial charge in [0.05, 0.1) is 19.3 Å². The molecule has 1 aromatic heterocycles. The molecule has 0 aliphatic carbocycles. The van der Waals surface area contributed by atoms with Crippen LogP contribution in [0.5, 0.6) is 17.2 Å². The number of hydrogen-bond donors (Lipinski definition) is 0. The SMILES string of the molecule is CCCCOc1ccc(-c2noc(-c3ccc(C(=O)Oc4ccc(OC)cc4)cc3)n2)cc1. The molecule has 0 aliphatic rings. The van der Waals surface area contributed by atoms with Crippen molar-refractivity contribution in [2.24, 2.45) is 0 Å². The fourth-order valence-electron chi connectivity index (χ4n) is 3.05. The van der Waals surface area contributed by atoms with E-state index in [0.717, 1.165) is 24.2 Å². The van der Waals surface area contributed by atoms with Gasteiger partial charge in [-0.1, -0.05) is 18.5 Å². The zero-order valence-corrected chi connectivity index (χ0v) is 18.5. The summed E-state index contributed by atoms with van der Waals surface area (Å²) in [5, 5.41) is 4.07. The lowest BCUT2D eigenvalue weighted by molar-refractivity contribution is 0.0734. The smallest absolute Gasteiger partial charge is 0.343 e. The van der Waals surface area contributed by atoms with Gasteiger partial charge in [-0.05, 0) is 79.2 Å². The molecule has 0 saturated carbocycles. The van der Waals surface area contributed by atoms with Crippen molar-refractivity contribution in [3.63, 3.8) is 0 Å². The van der Waals surface area contributed by atoms with Gasteiger partial charge in [-0.15, -0.1) is 0 Å². The van der Waals surface area contributed by atoms with Gasteiger partial charge in [-0.3, -0.25) is 0 Å². The monoisotopic (exact) mass is 444 g/mol. The van der Waals surface area contributed by atoms with Crippen molar-refractivity contribution in [1.82, 2.24) is 10.1 Å². The lowest BCUT2D eigenvalue weighted by atomic mass is 10.1. The number of esters is 1. The fourth-order valence-corrected chi connectivity index (χ4v) is 3.05. The maximum Gasteiger partial charge on any atom is 0.343 e. The minimum atomic E-state index is -0.459. The van der Waals surface area contributed by atoms with Crippen molar-refractivity contribution >= 4 is 5.97 Å². The Morgan fingerprint density at radius 1 is 0.848 bits per heavy atom. The van der Waals surface area contributed by atoms with Gasteiger partial charge in [0.15, 0.2) is 0 Å². The Morgan fingerprint density at radius 3 is 2.15 bits per heavy atom. The van der Waals surface area contributed by atoms with Crippen LogP contribution in [0.15, 0.2) is 77.3 Å². The number of ether oxygens (including phenoxy) is 3. The van der Waals surface area contributed by atoms with E-state index in [9.17, 15) is 4.79 Å². The highest BCUT2D eigenvalue weighted by Gasteiger charge is 2.13. The standard InChI is InChI=1S/C26H24N2O5/c1-3-4-17-31-22-11-9-18(10-12-22)24-27-25(33-28-24)19-5-7-20(8-6-19)26(29)32-23-15-13-21(30-2)14-16-23/h5-16H,3-4,17H2,1-2H3. The molecule has 7 heteroatoms. The zero-order valence-electron chi connectivity index (χ0n) is 18.5. The average molecular weight is 444 g/mol. The highest BCUT2D eigenvalue weighted by molar-refractivity contribution is 5.91. The number of unbranched alkanes of at least 4 members (excludes halogenated alkanes) is 1. The summed E-state index contributed by atoms with van der Waals surface area (Å²) >= 11 is 0. The highest BCUT2D eigenvalue weighted by atomic mass is 16.5. The van der Waals surface area contributed by atoms with Crippen molar-refractivity contribution in [3.05, 3.63) is 78.4 Å². The van der Waals surface area contributed by atoms with E-state index in [4.69, 9.17) is 18.7 Å². The van der Waals surface area contributed by atoms with Gasteiger partial charge in [-0.2, -0.15) is 4.98 Å². The maximum absolute atomic E-state index is 12.4. The van der Waals surface area contributed by atoms with Gasteiger partial charge in [0.25, 0.3) is 5.89 Å². The number of hydrogen-bond acceptors (Lipinski definition) is 7. The largest absolute Gasteiger partial charge is 0.497 e. The first kappa shape index (κ1) is 22.1. The summed E-state index contributed by atoms with van der Waals surface area (Å²) in [6, 6.07) is 21.2. The van der Waals surface area contributed by atoms with Gasteiger partial charge in [0.1, 0.15) is 17.2 Å². The zero-order chi connectivity index (χ0) is 23.0. The summed E-state index contributed by atoms with van der Waals surface area (Å²) < 4.78 is 21.6. The number of methoxy groups -OCH3 is 1. The first-order valence-corrected chi connectivity index (χ1v) is 10.7. The molecule has 0 bridgehead atoms. The van der Waals surface area contributed by atoms with Crippen LogP contribution in [0.25, 0.3) is 22.8 Å². The normalized spacial score (nSPS) is 10.6. The topological polar surface area (TPSA) is 83.7 Å². The second-order valence-electron chi connectivity index (χ2n) is 7.29. The molecule has 7 nitrogen and oxygen atoms in total. The molecule has 0 radical (unpaired) electrons. The summed E-state index contributed by atoms with van der Waals surface area (Å²) in [5.41, 5.74) is 1.94. The molecule has 168 valence electrons. The number of rotatable bonds is 9. The predicted octanol–water partition coefficient (Wildman–Crippen LogP) is 5.81. The Balaban J connectivity index is 1.40. The van der Waals surface area contributed by atoms with Crippen LogP contribution in [0.1, 0.15) is 30.1 Å². The molecular formula is C26H24N2O5. The highest BCUT2D eigenvalue weighted by Crippen LogP contribution is 2.25.